The van der Waals surface area contributed by atoms with E-state index in [0.29, 0.717) is 19.3 Å². The number of esters is 3. The van der Waals surface area contributed by atoms with Gasteiger partial charge in [0.05, 0.1) is 0 Å². The highest BCUT2D eigenvalue weighted by Crippen LogP contribution is 2.16. The highest BCUT2D eigenvalue weighted by molar-refractivity contribution is 5.71. The van der Waals surface area contributed by atoms with E-state index >= 15 is 0 Å². The first-order chi connectivity index (χ1) is 32.5. The fourth-order valence-electron chi connectivity index (χ4n) is 7.63. The van der Waals surface area contributed by atoms with Gasteiger partial charge in [0.2, 0.25) is 0 Å². The zero-order valence-electron chi connectivity index (χ0n) is 43.2. The molecule has 0 saturated heterocycles. The van der Waals surface area contributed by atoms with Crippen LogP contribution in [-0.2, 0) is 28.6 Å². The molecule has 0 N–H and O–H groups in total. The molecule has 0 spiro atoms. The molecule has 0 radical (unpaired) electrons. The van der Waals surface area contributed by atoms with Gasteiger partial charge in [-0.2, -0.15) is 0 Å². The van der Waals surface area contributed by atoms with Crippen LogP contribution in [0.5, 0.6) is 0 Å². The number of hydrogen-bond donors (Lipinski definition) is 0. The quantitative estimate of drug-likeness (QED) is 0.0199. The predicted octanol–water partition coefficient (Wildman–Crippen LogP) is 18.4. The monoisotopic (exact) mass is 919 g/mol. The summed E-state index contributed by atoms with van der Waals surface area (Å²) in [6, 6.07) is 0. The molecule has 0 saturated carbocycles. The van der Waals surface area contributed by atoms with Crippen molar-refractivity contribution < 1.29 is 28.6 Å². The van der Waals surface area contributed by atoms with E-state index in [4.69, 9.17) is 14.2 Å². The molecule has 0 aromatic rings. The Labute approximate surface area is 407 Å². The number of unbranched alkanes of at least 4 members (excludes halogenated alkanes) is 28. The van der Waals surface area contributed by atoms with Crippen LogP contribution in [0, 0.1) is 0 Å². The van der Waals surface area contributed by atoms with Gasteiger partial charge in [0.1, 0.15) is 13.2 Å². The van der Waals surface area contributed by atoms with E-state index in [1.54, 1.807) is 0 Å². The maximum Gasteiger partial charge on any atom is 0.306 e. The largest absolute Gasteiger partial charge is 0.462 e. The number of allylic oxidation sites excluding steroid dienone is 14. The summed E-state index contributed by atoms with van der Waals surface area (Å²) in [7, 11) is 0. The van der Waals surface area contributed by atoms with Crippen LogP contribution in [0.2, 0.25) is 0 Å². The van der Waals surface area contributed by atoms with Crippen molar-refractivity contribution >= 4 is 17.9 Å². The Kier molecular flexibility index (Phi) is 51.4. The molecule has 1 unspecified atom stereocenters. The summed E-state index contributed by atoms with van der Waals surface area (Å²) in [5.41, 5.74) is 0. The third-order valence-electron chi connectivity index (χ3n) is 11.7. The molecule has 0 amide bonds. The molecule has 0 bridgehead atoms. The van der Waals surface area contributed by atoms with E-state index in [9.17, 15) is 14.4 Å². The smallest absolute Gasteiger partial charge is 0.306 e. The predicted molar refractivity (Wildman–Crippen MR) is 284 cm³/mol. The van der Waals surface area contributed by atoms with E-state index in [0.717, 1.165) is 116 Å². The van der Waals surface area contributed by atoms with Gasteiger partial charge in [0.15, 0.2) is 6.10 Å². The maximum atomic E-state index is 12.8. The normalized spacial score (nSPS) is 12.7. The average Bonchev–Trinajstić information content (AvgIpc) is 3.31. The van der Waals surface area contributed by atoms with Crippen molar-refractivity contribution in [2.75, 3.05) is 13.2 Å². The van der Waals surface area contributed by atoms with Crippen molar-refractivity contribution in [3.8, 4) is 0 Å². The number of rotatable bonds is 49. The van der Waals surface area contributed by atoms with Gasteiger partial charge in [-0.3, -0.25) is 14.4 Å². The van der Waals surface area contributed by atoms with E-state index in [1.807, 2.05) is 24.3 Å². The van der Waals surface area contributed by atoms with Gasteiger partial charge in [-0.25, -0.2) is 0 Å². The van der Waals surface area contributed by atoms with Crippen LogP contribution in [0.15, 0.2) is 85.1 Å². The molecule has 6 heteroatoms. The van der Waals surface area contributed by atoms with Crippen LogP contribution < -0.4 is 0 Å². The molecule has 0 fully saturated rings. The average molecular weight is 919 g/mol. The number of carbonyl (C=O) groups is 3. The fourth-order valence-corrected chi connectivity index (χ4v) is 7.63. The molecule has 0 aromatic heterocycles. The highest BCUT2D eigenvalue weighted by atomic mass is 16.6. The van der Waals surface area contributed by atoms with Crippen LogP contribution in [0.25, 0.3) is 0 Å². The summed E-state index contributed by atoms with van der Waals surface area (Å²) in [5.74, 6) is -0.924. The fraction of sp³-hybridized carbons (Fsp3) is 0.717. The molecule has 6 nitrogen and oxygen atoms in total. The molecule has 0 heterocycles. The molecule has 66 heavy (non-hydrogen) atoms. The van der Waals surface area contributed by atoms with Crippen molar-refractivity contribution in [2.24, 2.45) is 0 Å². The van der Waals surface area contributed by atoms with Crippen molar-refractivity contribution in [1.29, 1.82) is 0 Å². The maximum absolute atomic E-state index is 12.8. The molecule has 378 valence electrons. The second-order valence-corrected chi connectivity index (χ2v) is 18.2. The second-order valence-electron chi connectivity index (χ2n) is 18.2. The number of hydrogen-bond acceptors (Lipinski definition) is 6. The lowest BCUT2D eigenvalue weighted by Gasteiger charge is -2.18. The van der Waals surface area contributed by atoms with Crippen molar-refractivity contribution in [3.63, 3.8) is 0 Å². The van der Waals surface area contributed by atoms with Gasteiger partial charge >= 0.3 is 17.9 Å². The van der Waals surface area contributed by atoms with E-state index in [-0.39, 0.29) is 31.1 Å². The Balaban J connectivity index is 4.41. The minimum atomic E-state index is -0.792. The van der Waals surface area contributed by atoms with Crippen molar-refractivity contribution in [1.82, 2.24) is 0 Å². The molecular weight excluding hydrogens is 817 g/mol. The first-order valence-electron chi connectivity index (χ1n) is 27.7. The minimum Gasteiger partial charge on any atom is -0.462 e. The molecule has 0 aliphatic carbocycles. The van der Waals surface area contributed by atoms with Gasteiger partial charge in [-0.1, -0.05) is 260 Å². The first-order valence-corrected chi connectivity index (χ1v) is 27.7. The van der Waals surface area contributed by atoms with Crippen LogP contribution in [0.4, 0.5) is 0 Å². The zero-order valence-corrected chi connectivity index (χ0v) is 43.2. The Hall–Kier alpha value is -3.41. The molecular formula is C60H102O6. The number of ether oxygens (including phenoxy) is 3. The summed E-state index contributed by atoms with van der Waals surface area (Å²) in [6.07, 6.45) is 69.9. The van der Waals surface area contributed by atoms with Crippen LogP contribution in [-0.4, -0.2) is 37.2 Å². The Morgan fingerprint density at radius 1 is 0.333 bits per heavy atom. The van der Waals surface area contributed by atoms with E-state index < -0.39 is 6.10 Å². The molecule has 1 atom stereocenters. The van der Waals surface area contributed by atoms with Gasteiger partial charge in [-0.15, -0.1) is 0 Å². The SMILES string of the molecule is CC/C=C\C/C=C\CCCCCCCC(=O)OCC(COC(=O)CCCCCCC\C=C/C=C\C=C/C=C\C=C/CCC)OC(=O)CCCCCCCCCCCCCCCCCCCC. The summed E-state index contributed by atoms with van der Waals surface area (Å²) in [5, 5.41) is 0. The Bertz CT molecular complexity index is 1290. The minimum absolute atomic E-state index is 0.0912. The lowest BCUT2D eigenvalue weighted by Crippen LogP contribution is -2.30. The van der Waals surface area contributed by atoms with Crippen LogP contribution >= 0.6 is 0 Å². The molecule has 0 aromatic carbocycles. The topological polar surface area (TPSA) is 78.9 Å². The summed E-state index contributed by atoms with van der Waals surface area (Å²) in [6.45, 7) is 6.42. The van der Waals surface area contributed by atoms with E-state index in [2.05, 4.69) is 81.5 Å². The van der Waals surface area contributed by atoms with Crippen LogP contribution in [0.3, 0.4) is 0 Å². The van der Waals surface area contributed by atoms with Gasteiger partial charge in [0, 0.05) is 19.3 Å². The Morgan fingerprint density at radius 2 is 0.682 bits per heavy atom. The molecule has 0 rings (SSSR count). The third-order valence-corrected chi connectivity index (χ3v) is 11.7. The highest BCUT2D eigenvalue weighted by Gasteiger charge is 2.19. The second kappa shape index (κ2) is 54.2. The summed E-state index contributed by atoms with van der Waals surface area (Å²) in [4.78, 5) is 38.1. The van der Waals surface area contributed by atoms with Gasteiger partial charge in [0.25, 0.3) is 0 Å². The first kappa shape index (κ1) is 62.6. The summed E-state index contributed by atoms with van der Waals surface area (Å²) >= 11 is 0. The van der Waals surface area contributed by atoms with Gasteiger partial charge in [-0.05, 0) is 64.2 Å². The lowest BCUT2D eigenvalue weighted by molar-refractivity contribution is -0.167. The van der Waals surface area contributed by atoms with Crippen molar-refractivity contribution in [3.05, 3.63) is 85.1 Å². The van der Waals surface area contributed by atoms with Gasteiger partial charge < -0.3 is 14.2 Å². The number of carbonyl (C=O) groups excluding carboxylic acids is 3. The molecule has 0 aliphatic rings. The standard InChI is InChI=1S/C60H102O6/c1-4-7-10-13-16-19-22-25-27-29-31-33-35-38-41-44-47-50-53-59(62)65-56-57(55-64-58(61)52-49-46-43-40-37-24-21-18-15-12-9-6-3)66-60(63)54-51-48-45-42-39-36-34-32-30-28-26-23-20-17-14-11-8-5-2/h9-10,12-13,16,18-19,21-22,25,27,29,31,33,57H,4-8,11,14-15,17,20,23-24,26,28,30,32,34-56H2,1-3H3/b12-9-,13-10-,19-16-,21-18-,25-22-,29-27-,33-31-. The Morgan fingerprint density at radius 3 is 1.11 bits per heavy atom. The molecule has 0 aliphatic heterocycles. The zero-order chi connectivity index (χ0) is 47.9. The van der Waals surface area contributed by atoms with E-state index in [1.165, 1.54) is 103 Å². The third kappa shape index (κ3) is 51.6. The van der Waals surface area contributed by atoms with Crippen LogP contribution in [0.1, 0.15) is 258 Å². The lowest BCUT2D eigenvalue weighted by atomic mass is 10.0. The summed E-state index contributed by atoms with van der Waals surface area (Å²) < 4.78 is 16.8. The van der Waals surface area contributed by atoms with Crippen molar-refractivity contribution in [2.45, 2.75) is 264 Å².